The molecule has 9 heteroatoms. The van der Waals surface area contributed by atoms with Crippen molar-refractivity contribution in [3.05, 3.63) is 98.9 Å². The second-order valence-electron chi connectivity index (χ2n) is 6.64. The Morgan fingerprint density at radius 3 is 2.52 bits per heavy atom. The lowest BCUT2D eigenvalue weighted by atomic mass is 10.0. The standard InChI is InChI=1S/C22H16Cl2FN3O2S/c23-16-6-3-14(4-7-16)2-1-9-31(29,30)22(17-11-21(27)28-13-19(17)24)18-10-15(12-26)5-8-20(18)25/h1-8,10-11,13,22H,9H2,(H2,27,28). The summed E-state index contributed by atoms with van der Waals surface area (Å²) >= 11 is 12.1. The number of hydrogen-bond acceptors (Lipinski definition) is 5. The zero-order chi connectivity index (χ0) is 22.6. The smallest absolute Gasteiger partial charge is 0.165 e. The van der Waals surface area contributed by atoms with Crippen LogP contribution in [-0.4, -0.2) is 19.2 Å². The van der Waals surface area contributed by atoms with E-state index in [4.69, 9.17) is 28.9 Å². The van der Waals surface area contributed by atoms with Gasteiger partial charge in [0, 0.05) is 16.8 Å². The molecule has 0 saturated carbocycles. The Hall–Kier alpha value is -2.92. The number of halogens is 3. The topological polar surface area (TPSA) is 96.8 Å². The molecule has 2 N–H and O–H groups in total. The van der Waals surface area contributed by atoms with Crippen molar-refractivity contribution in [2.45, 2.75) is 5.25 Å². The molecule has 3 aromatic rings. The lowest BCUT2D eigenvalue weighted by Crippen LogP contribution is -2.19. The van der Waals surface area contributed by atoms with Gasteiger partial charge in [0.1, 0.15) is 16.9 Å². The number of anilines is 1. The molecule has 0 aliphatic carbocycles. The van der Waals surface area contributed by atoms with Gasteiger partial charge in [-0.2, -0.15) is 5.26 Å². The Labute approximate surface area is 189 Å². The molecule has 0 fully saturated rings. The average Bonchev–Trinajstić information content (AvgIpc) is 2.73. The maximum atomic E-state index is 14.7. The van der Waals surface area contributed by atoms with Crippen molar-refractivity contribution in [1.29, 1.82) is 5.26 Å². The molecule has 0 saturated heterocycles. The molecule has 3 rings (SSSR count). The van der Waals surface area contributed by atoms with Crippen molar-refractivity contribution in [3.63, 3.8) is 0 Å². The number of benzene rings is 2. The average molecular weight is 476 g/mol. The molecule has 0 spiro atoms. The number of hydrogen-bond donors (Lipinski definition) is 1. The number of pyridine rings is 1. The van der Waals surface area contributed by atoms with Crippen LogP contribution in [0.25, 0.3) is 6.08 Å². The monoisotopic (exact) mass is 475 g/mol. The molecule has 0 aliphatic heterocycles. The van der Waals surface area contributed by atoms with Gasteiger partial charge in [0.2, 0.25) is 0 Å². The predicted octanol–water partition coefficient (Wildman–Crippen LogP) is 5.20. The van der Waals surface area contributed by atoms with Crippen LogP contribution in [0.15, 0.2) is 60.8 Å². The Balaban J connectivity index is 2.08. The Bertz CT molecular complexity index is 1290. The highest BCUT2D eigenvalue weighted by Crippen LogP contribution is 2.37. The molecule has 31 heavy (non-hydrogen) atoms. The van der Waals surface area contributed by atoms with Gasteiger partial charge in [0.05, 0.1) is 22.4 Å². The molecular weight excluding hydrogens is 460 g/mol. The van der Waals surface area contributed by atoms with E-state index in [0.29, 0.717) is 5.02 Å². The van der Waals surface area contributed by atoms with E-state index in [1.54, 1.807) is 30.3 Å². The van der Waals surface area contributed by atoms with Crippen LogP contribution >= 0.6 is 23.2 Å². The van der Waals surface area contributed by atoms with Gasteiger partial charge in [-0.15, -0.1) is 0 Å². The Morgan fingerprint density at radius 1 is 1.13 bits per heavy atom. The van der Waals surface area contributed by atoms with Gasteiger partial charge >= 0.3 is 0 Å². The molecule has 1 heterocycles. The normalized spacial score (nSPS) is 12.6. The molecule has 0 amide bonds. The molecule has 158 valence electrons. The number of nitrogens with two attached hydrogens (primary N) is 1. The minimum Gasteiger partial charge on any atom is -0.384 e. The summed E-state index contributed by atoms with van der Waals surface area (Å²) in [5, 5.41) is 8.29. The minimum atomic E-state index is -4.02. The fraction of sp³-hybridized carbons (Fsp3) is 0.0909. The second kappa shape index (κ2) is 9.48. The van der Waals surface area contributed by atoms with Gasteiger partial charge in [-0.3, -0.25) is 0 Å². The van der Waals surface area contributed by atoms with Crippen molar-refractivity contribution in [1.82, 2.24) is 4.98 Å². The van der Waals surface area contributed by atoms with Gasteiger partial charge < -0.3 is 5.73 Å². The quantitative estimate of drug-likeness (QED) is 0.528. The molecule has 1 unspecified atom stereocenters. The van der Waals surface area contributed by atoms with Gasteiger partial charge in [-0.1, -0.05) is 47.5 Å². The first-order valence-electron chi connectivity index (χ1n) is 8.95. The molecule has 0 bridgehead atoms. The summed E-state index contributed by atoms with van der Waals surface area (Å²) in [7, 11) is -4.02. The summed E-state index contributed by atoms with van der Waals surface area (Å²) in [6.07, 6.45) is 4.29. The van der Waals surface area contributed by atoms with Crippen LogP contribution < -0.4 is 5.73 Å². The summed E-state index contributed by atoms with van der Waals surface area (Å²) in [4.78, 5) is 3.84. The lowest BCUT2D eigenvalue weighted by molar-refractivity contribution is 0.580. The Kier molecular flexibility index (Phi) is 6.96. The van der Waals surface area contributed by atoms with E-state index in [9.17, 15) is 18.1 Å². The summed E-state index contributed by atoms with van der Waals surface area (Å²) in [5.74, 6) is -1.15. The van der Waals surface area contributed by atoms with Crippen LogP contribution in [0.2, 0.25) is 10.0 Å². The molecule has 0 aliphatic rings. The maximum absolute atomic E-state index is 14.7. The van der Waals surface area contributed by atoms with Crippen LogP contribution in [0.4, 0.5) is 10.2 Å². The summed E-state index contributed by atoms with van der Waals surface area (Å²) in [5.41, 5.74) is 6.50. The van der Waals surface area contributed by atoms with E-state index >= 15 is 0 Å². The highest BCUT2D eigenvalue weighted by atomic mass is 35.5. The predicted molar refractivity (Wildman–Crippen MR) is 121 cm³/mol. The number of nitrogen functional groups attached to an aromatic ring is 1. The SMILES string of the molecule is N#Cc1ccc(F)c(C(c2cc(N)ncc2Cl)S(=O)(=O)CC=Cc2ccc(Cl)cc2)c1. The van der Waals surface area contributed by atoms with E-state index < -0.39 is 26.7 Å². The minimum absolute atomic E-state index is 0.0196. The molecule has 1 atom stereocenters. The highest BCUT2D eigenvalue weighted by molar-refractivity contribution is 7.92. The van der Waals surface area contributed by atoms with Gasteiger partial charge in [-0.25, -0.2) is 17.8 Å². The molecule has 0 radical (unpaired) electrons. The number of nitrogens with zero attached hydrogens (tertiary/aromatic N) is 2. The second-order valence-corrected chi connectivity index (χ2v) is 9.62. The molecule has 2 aromatic carbocycles. The van der Waals surface area contributed by atoms with Crippen molar-refractivity contribution in [2.75, 3.05) is 11.5 Å². The molecular formula is C22H16Cl2FN3O2S. The first-order valence-corrected chi connectivity index (χ1v) is 11.4. The van der Waals surface area contributed by atoms with Crippen LogP contribution in [0, 0.1) is 17.1 Å². The van der Waals surface area contributed by atoms with Crippen LogP contribution in [-0.2, 0) is 9.84 Å². The van der Waals surface area contributed by atoms with E-state index in [-0.39, 0.29) is 27.5 Å². The fourth-order valence-corrected chi connectivity index (χ4v) is 5.14. The van der Waals surface area contributed by atoms with Gasteiger partial charge in [-0.05, 0) is 47.5 Å². The van der Waals surface area contributed by atoms with Crippen molar-refractivity contribution < 1.29 is 12.8 Å². The third-order valence-electron chi connectivity index (χ3n) is 4.46. The third-order valence-corrected chi connectivity index (χ3v) is 6.92. The van der Waals surface area contributed by atoms with Gasteiger partial charge in [0.25, 0.3) is 0 Å². The number of aromatic nitrogens is 1. The molecule has 1 aromatic heterocycles. The lowest BCUT2D eigenvalue weighted by Gasteiger charge is -2.20. The van der Waals surface area contributed by atoms with E-state index in [1.165, 1.54) is 30.5 Å². The number of rotatable bonds is 6. The third kappa shape index (κ3) is 5.42. The van der Waals surface area contributed by atoms with E-state index in [0.717, 1.165) is 11.6 Å². The van der Waals surface area contributed by atoms with Crippen molar-refractivity contribution >= 4 is 44.9 Å². The fourth-order valence-electron chi connectivity index (χ4n) is 3.03. The number of sulfone groups is 1. The maximum Gasteiger partial charge on any atom is 0.165 e. The zero-order valence-corrected chi connectivity index (χ0v) is 18.3. The first-order chi connectivity index (χ1) is 14.7. The molecule has 5 nitrogen and oxygen atoms in total. The van der Waals surface area contributed by atoms with Crippen molar-refractivity contribution in [3.8, 4) is 6.07 Å². The summed E-state index contributed by atoms with van der Waals surface area (Å²) in [6.45, 7) is 0. The van der Waals surface area contributed by atoms with Crippen LogP contribution in [0.1, 0.15) is 27.5 Å². The number of nitriles is 1. The summed E-state index contributed by atoms with van der Waals surface area (Å²) in [6, 6.07) is 13.5. The largest absolute Gasteiger partial charge is 0.384 e. The van der Waals surface area contributed by atoms with Crippen LogP contribution in [0.3, 0.4) is 0 Å². The summed E-state index contributed by atoms with van der Waals surface area (Å²) < 4.78 is 41.4. The Morgan fingerprint density at radius 2 is 1.84 bits per heavy atom. The van der Waals surface area contributed by atoms with Gasteiger partial charge in [0.15, 0.2) is 9.84 Å². The van der Waals surface area contributed by atoms with Crippen molar-refractivity contribution in [2.24, 2.45) is 0 Å². The first kappa shape index (κ1) is 22.8. The zero-order valence-electron chi connectivity index (χ0n) is 16.0. The van der Waals surface area contributed by atoms with Crippen LogP contribution in [0.5, 0.6) is 0 Å². The highest BCUT2D eigenvalue weighted by Gasteiger charge is 2.33. The van der Waals surface area contributed by atoms with E-state index in [2.05, 4.69) is 4.98 Å². The van der Waals surface area contributed by atoms with E-state index in [1.807, 2.05) is 6.07 Å².